The zero-order chi connectivity index (χ0) is 21.6. The summed E-state index contributed by atoms with van der Waals surface area (Å²) in [5.41, 5.74) is 3.81. The Hall–Kier alpha value is -2.78. The highest BCUT2D eigenvalue weighted by atomic mass is 32.2. The van der Waals surface area contributed by atoms with Crippen molar-refractivity contribution in [1.29, 1.82) is 0 Å². The summed E-state index contributed by atoms with van der Waals surface area (Å²) < 4.78 is 29.4. The van der Waals surface area contributed by atoms with E-state index in [4.69, 9.17) is 0 Å². The third-order valence-corrected chi connectivity index (χ3v) is 8.10. The molecule has 1 aromatic heterocycles. The van der Waals surface area contributed by atoms with Gasteiger partial charge in [-0.25, -0.2) is 13.1 Å². The quantitative estimate of drug-likeness (QED) is 0.624. The Bertz CT molecular complexity index is 1260. The summed E-state index contributed by atoms with van der Waals surface area (Å²) >= 11 is 0. The third kappa shape index (κ3) is 3.41. The molecule has 31 heavy (non-hydrogen) atoms. The minimum atomic E-state index is -3.49. The van der Waals surface area contributed by atoms with Crippen molar-refractivity contribution >= 4 is 32.7 Å². The van der Waals surface area contributed by atoms with Crippen molar-refractivity contribution in [3.05, 3.63) is 47.5 Å². The number of aryl methyl sites for hydroxylation is 1. The lowest BCUT2D eigenvalue weighted by Crippen LogP contribution is -2.35. The van der Waals surface area contributed by atoms with Crippen LogP contribution in [0.2, 0.25) is 0 Å². The molecule has 2 aromatic carbocycles. The van der Waals surface area contributed by atoms with Crippen LogP contribution in [0.4, 0.5) is 5.69 Å². The first-order valence-corrected chi connectivity index (χ1v) is 12.2. The Morgan fingerprint density at radius 3 is 2.61 bits per heavy atom. The lowest BCUT2D eigenvalue weighted by atomic mass is 10.1. The van der Waals surface area contributed by atoms with Gasteiger partial charge in [-0.15, -0.1) is 5.10 Å². The van der Waals surface area contributed by atoms with Crippen molar-refractivity contribution in [2.45, 2.75) is 44.0 Å². The summed E-state index contributed by atoms with van der Waals surface area (Å²) in [7, 11) is -3.49. The average Bonchev–Trinajstić information content (AvgIpc) is 3.42. The maximum Gasteiger partial charge on any atom is 0.258 e. The molecule has 3 heterocycles. The number of hydrogen-bond acceptors (Lipinski definition) is 5. The number of benzene rings is 2. The van der Waals surface area contributed by atoms with Gasteiger partial charge in [0.15, 0.2) is 0 Å². The molecule has 0 atom stereocenters. The second-order valence-electron chi connectivity index (χ2n) is 8.07. The van der Waals surface area contributed by atoms with Gasteiger partial charge in [0.2, 0.25) is 10.0 Å². The molecule has 1 fully saturated rings. The topological polar surface area (TPSA) is 88.4 Å². The predicted octanol–water partition coefficient (Wildman–Crippen LogP) is 2.83. The molecule has 0 spiro atoms. The van der Waals surface area contributed by atoms with E-state index in [1.54, 1.807) is 44.2 Å². The zero-order valence-electron chi connectivity index (χ0n) is 17.5. The molecule has 0 aliphatic carbocycles. The molecular weight excluding hydrogens is 414 g/mol. The standard InChI is InChI=1S/C22H25N5O3S/c1-2-27-21-8-6-17(15-19(21)23-24-27)22(28)26-13-10-16-14-18(7-9-20(16)26)31(29,30)25-11-4-3-5-12-25/h6-9,14-15H,2-5,10-13H2,1H3. The zero-order valence-corrected chi connectivity index (χ0v) is 18.3. The van der Waals surface area contributed by atoms with Gasteiger partial charge in [0.05, 0.1) is 10.4 Å². The first kappa shape index (κ1) is 20.1. The Morgan fingerprint density at radius 2 is 1.84 bits per heavy atom. The van der Waals surface area contributed by atoms with E-state index in [1.165, 1.54) is 0 Å². The van der Waals surface area contributed by atoms with Crippen LogP contribution in [0, 0.1) is 0 Å². The van der Waals surface area contributed by atoms with Crippen LogP contribution < -0.4 is 4.90 Å². The molecule has 0 radical (unpaired) electrons. The van der Waals surface area contributed by atoms with Gasteiger partial charge < -0.3 is 4.90 Å². The third-order valence-electron chi connectivity index (χ3n) is 6.20. The van der Waals surface area contributed by atoms with Crippen molar-refractivity contribution in [2.24, 2.45) is 0 Å². The van der Waals surface area contributed by atoms with Crippen molar-refractivity contribution in [3.8, 4) is 0 Å². The molecule has 0 bridgehead atoms. The number of sulfonamides is 1. The second-order valence-corrected chi connectivity index (χ2v) is 10.0. The van der Waals surface area contributed by atoms with Gasteiger partial charge in [0.25, 0.3) is 5.91 Å². The highest BCUT2D eigenvalue weighted by Crippen LogP contribution is 2.33. The molecule has 162 valence electrons. The fraction of sp³-hybridized carbons (Fsp3) is 0.409. The maximum absolute atomic E-state index is 13.2. The van der Waals surface area contributed by atoms with Gasteiger partial charge in [-0.05, 0) is 68.1 Å². The van der Waals surface area contributed by atoms with Gasteiger partial charge in [0.1, 0.15) is 5.52 Å². The minimum absolute atomic E-state index is 0.113. The van der Waals surface area contributed by atoms with Crippen molar-refractivity contribution in [3.63, 3.8) is 0 Å². The number of nitrogens with zero attached hydrogens (tertiary/aromatic N) is 5. The van der Waals surface area contributed by atoms with Crippen LogP contribution in [0.5, 0.6) is 0 Å². The molecule has 0 saturated carbocycles. The molecule has 2 aliphatic heterocycles. The number of carbonyl (C=O) groups is 1. The highest BCUT2D eigenvalue weighted by Gasteiger charge is 2.30. The fourth-order valence-corrected chi connectivity index (χ4v) is 6.07. The molecule has 3 aromatic rings. The number of piperidine rings is 1. The Morgan fingerprint density at radius 1 is 1.03 bits per heavy atom. The number of fused-ring (bicyclic) bond motifs is 2. The molecule has 9 heteroatoms. The van der Waals surface area contributed by atoms with E-state index in [9.17, 15) is 13.2 Å². The molecular formula is C22H25N5O3S. The number of aromatic nitrogens is 3. The van der Waals surface area contributed by atoms with E-state index in [0.29, 0.717) is 48.6 Å². The first-order valence-electron chi connectivity index (χ1n) is 10.8. The van der Waals surface area contributed by atoms with E-state index in [0.717, 1.165) is 36.0 Å². The fourth-order valence-electron chi connectivity index (χ4n) is 4.50. The number of rotatable bonds is 4. The van der Waals surface area contributed by atoms with E-state index in [-0.39, 0.29) is 5.91 Å². The lowest BCUT2D eigenvalue weighted by Gasteiger charge is -2.26. The Labute approximate surface area is 181 Å². The molecule has 5 rings (SSSR count). The average molecular weight is 440 g/mol. The van der Waals surface area contributed by atoms with Gasteiger partial charge in [-0.2, -0.15) is 4.31 Å². The van der Waals surface area contributed by atoms with E-state index < -0.39 is 10.0 Å². The van der Waals surface area contributed by atoms with E-state index in [2.05, 4.69) is 10.3 Å². The SMILES string of the molecule is CCn1nnc2cc(C(=O)N3CCc4cc(S(=O)(=O)N5CCCCC5)ccc43)ccc21. The summed E-state index contributed by atoms with van der Waals surface area (Å²) in [6.45, 7) is 4.39. The Kier molecular flexibility index (Phi) is 5.02. The summed E-state index contributed by atoms with van der Waals surface area (Å²) in [6.07, 6.45) is 3.53. The van der Waals surface area contributed by atoms with Crippen LogP contribution in [-0.4, -0.2) is 53.3 Å². The predicted molar refractivity (Wildman–Crippen MR) is 118 cm³/mol. The number of anilines is 1. The van der Waals surface area contributed by atoms with Crippen LogP contribution >= 0.6 is 0 Å². The molecule has 2 aliphatic rings. The van der Waals surface area contributed by atoms with Gasteiger partial charge in [0, 0.05) is 37.4 Å². The van der Waals surface area contributed by atoms with Crippen molar-refractivity contribution in [2.75, 3.05) is 24.5 Å². The molecule has 1 amide bonds. The van der Waals surface area contributed by atoms with Gasteiger partial charge in [-0.3, -0.25) is 4.79 Å². The lowest BCUT2D eigenvalue weighted by molar-refractivity contribution is 0.0989. The minimum Gasteiger partial charge on any atom is -0.308 e. The molecule has 1 saturated heterocycles. The van der Waals surface area contributed by atoms with Crippen LogP contribution in [0.15, 0.2) is 41.3 Å². The smallest absolute Gasteiger partial charge is 0.258 e. The second kappa shape index (κ2) is 7.72. The van der Waals surface area contributed by atoms with Crippen LogP contribution in [0.25, 0.3) is 11.0 Å². The van der Waals surface area contributed by atoms with Crippen molar-refractivity contribution in [1.82, 2.24) is 19.3 Å². The summed E-state index contributed by atoms with van der Waals surface area (Å²) in [4.78, 5) is 15.2. The van der Waals surface area contributed by atoms with Gasteiger partial charge >= 0.3 is 0 Å². The van der Waals surface area contributed by atoms with Crippen molar-refractivity contribution < 1.29 is 13.2 Å². The van der Waals surface area contributed by atoms with Gasteiger partial charge in [-0.1, -0.05) is 11.6 Å². The largest absolute Gasteiger partial charge is 0.308 e. The summed E-state index contributed by atoms with van der Waals surface area (Å²) in [6, 6.07) is 10.6. The normalized spacial score (nSPS) is 17.3. The number of hydrogen-bond donors (Lipinski definition) is 0. The van der Waals surface area contributed by atoms with Crippen LogP contribution in [-0.2, 0) is 23.0 Å². The number of amides is 1. The first-order chi connectivity index (χ1) is 15.0. The maximum atomic E-state index is 13.2. The van der Waals surface area contributed by atoms with E-state index >= 15 is 0 Å². The Balaban J connectivity index is 1.42. The van der Waals surface area contributed by atoms with Crippen LogP contribution in [0.3, 0.4) is 0 Å². The molecule has 0 unspecified atom stereocenters. The highest BCUT2D eigenvalue weighted by molar-refractivity contribution is 7.89. The van der Waals surface area contributed by atoms with Crippen LogP contribution in [0.1, 0.15) is 42.1 Å². The van der Waals surface area contributed by atoms with E-state index in [1.807, 2.05) is 13.0 Å². The summed E-state index contributed by atoms with van der Waals surface area (Å²) in [5.74, 6) is -0.113. The molecule has 0 N–H and O–H groups in total. The molecule has 8 nitrogen and oxygen atoms in total. The summed E-state index contributed by atoms with van der Waals surface area (Å²) in [5, 5.41) is 8.26. The number of carbonyl (C=O) groups excluding carboxylic acids is 1. The monoisotopic (exact) mass is 439 g/mol.